The fourth-order valence-electron chi connectivity index (χ4n) is 1.43. The summed E-state index contributed by atoms with van der Waals surface area (Å²) in [5, 5.41) is 0.172. The van der Waals surface area contributed by atoms with E-state index in [2.05, 4.69) is 6.92 Å². The third-order valence-electron chi connectivity index (χ3n) is 2.19. The van der Waals surface area contributed by atoms with Gasteiger partial charge in [0.1, 0.15) is 5.82 Å². The molecule has 0 spiro atoms. The molecule has 2 N–H and O–H groups in total. The molecule has 0 fully saturated rings. The Balaban J connectivity index is 2.49. The highest BCUT2D eigenvalue weighted by atomic mass is 35.5. The third kappa shape index (κ3) is 4.32. The van der Waals surface area contributed by atoms with E-state index < -0.39 is 0 Å². The number of nitrogens with two attached hydrogens (primary N) is 1. The second kappa shape index (κ2) is 7.15. The molecule has 4 heteroatoms. The maximum atomic E-state index is 13.6. The summed E-state index contributed by atoms with van der Waals surface area (Å²) in [4.78, 5) is 0. The number of hydrogen-bond donors (Lipinski definition) is 1. The van der Waals surface area contributed by atoms with Gasteiger partial charge in [-0.05, 0) is 30.2 Å². The number of thioether (sulfide) groups is 1. The van der Waals surface area contributed by atoms with Crippen LogP contribution < -0.4 is 5.73 Å². The first-order chi connectivity index (χ1) is 7.65. The lowest BCUT2D eigenvalue weighted by Gasteiger charge is -2.12. The van der Waals surface area contributed by atoms with Gasteiger partial charge in [-0.25, -0.2) is 4.39 Å². The molecule has 1 aromatic carbocycles. The second-order valence-corrected chi connectivity index (χ2v) is 5.31. The van der Waals surface area contributed by atoms with Gasteiger partial charge in [0.25, 0.3) is 0 Å². The summed E-state index contributed by atoms with van der Waals surface area (Å²) in [7, 11) is 0. The SMILES string of the molecule is CCCSCC(N)Cc1cccc(Cl)c1F. The van der Waals surface area contributed by atoms with Gasteiger partial charge in [0.05, 0.1) is 5.02 Å². The molecule has 0 radical (unpaired) electrons. The minimum absolute atomic E-state index is 0.00971. The molecule has 0 aliphatic carbocycles. The molecule has 1 nitrogen and oxygen atoms in total. The van der Waals surface area contributed by atoms with Gasteiger partial charge in [0.2, 0.25) is 0 Å². The summed E-state index contributed by atoms with van der Waals surface area (Å²) < 4.78 is 13.6. The topological polar surface area (TPSA) is 26.0 Å². The van der Waals surface area contributed by atoms with Gasteiger partial charge in [0.15, 0.2) is 0 Å². The van der Waals surface area contributed by atoms with Crippen LogP contribution in [0.15, 0.2) is 18.2 Å². The predicted molar refractivity (Wildman–Crippen MR) is 70.7 cm³/mol. The first-order valence-electron chi connectivity index (χ1n) is 5.41. The van der Waals surface area contributed by atoms with Crippen LogP contribution in [-0.2, 0) is 6.42 Å². The van der Waals surface area contributed by atoms with E-state index in [-0.39, 0.29) is 16.9 Å². The van der Waals surface area contributed by atoms with Crippen molar-refractivity contribution in [2.45, 2.75) is 25.8 Å². The van der Waals surface area contributed by atoms with Crippen molar-refractivity contribution in [2.75, 3.05) is 11.5 Å². The van der Waals surface area contributed by atoms with Crippen LogP contribution in [0.1, 0.15) is 18.9 Å². The van der Waals surface area contributed by atoms with E-state index in [1.54, 1.807) is 18.2 Å². The van der Waals surface area contributed by atoms with Gasteiger partial charge >= 0.3 is 0 Å². The summed E-state index contributed by atoms with van der Waals surface area (Å²) >= 11 is 7.51. The summed E-state index contributed by atoms with van der Waals surface area (Å²) in [6.07, 6.45) is 1.69. The minimum Gasteiger partial charge on any atom is -0.327 e. The zero-order chi connectivity index (χ0) is 12.0. The number of halogens is 2. The Morgan fingerprint density at radius 3 is 2.94 bits per heavy atom. The monoisotopic (exact) mass is 261 g/mol. The van der Waals surface area contributed by atoms with Crippen LogP contribution >= 0.6 is 23.4 Å². The van der Waals surface area contributed by atoms with Crippen LogP contribution in [-0.4, -0.2) is 17.5 Å². The molecule has 0 bridgehead atoms. The Labute approximate surface area is 106 Å². The molecule has 0 saturated heterocycles. The number of benzene rings is 1. The number of rotatable bonds is 6. The molecule has 0 heterocycles. The van der Waals surface area contributed by atoms with Gasteiger partial charge in [-0.2, -0.15) is 11.8 Å². The van der Waals surface area contributed by atoms with E-state index in [4.69, 9.17) is 17.3 Å². The Hall–Kier alpha value is -0.250. The van der Waals surface area contributed by atoms with Crippen molar-refractivity contribution >= 4 is 23.4 Å². The van der Waals surface area contributed by atoms with Gasteiger partial charge in [0, 0.05) is 11.8 Å². The van der Waals surface area contributed by atoms with Gasteiger partial charge in [-0.15, -0.1) is 0 Å². The average Bonchev–Trinajstić information content (AvgIpc) is 2.25. The van der Waals surface area contributed by atoms with Crippen molar-refractivity contribution < 1.29 is 4.39 Å². The van der Waals surface area contributed by atoms with Crippen molar-refractivity contribution in [3.63, 3.8) is 0 Å². The van der Waals surface area contributed by atoms with E-state index in [0.717, 1.165) is 17.9 Å². The van der Waals surface area contributed by atoms with Crippen molar-refractivity contribution in [1.82, 2.24) is 0 Å². The Kier molecular flexibility index (Phi) is 6.17. The fraction of sp³-hybridized carbons (Fsp3) is 0.500. The molecule has 16 heavy (non-hydrogen) atoms. The normalized spacial score (nSPS) is 12.8. The molecule has 0 aromatic heterocycles. The Morgan fingerprint density at radius 2 is 2.25 bits per heavy atom. The molecule has 1 rings (SSSR count). The Morgan fingerprint density at radius 1 is 1.50 bits per heavy atom. The number of hydrogen-bond acceptors (Lipinski definition) is 2. The van der Waals surface area contributed by atoms with Crippen molar-refractivity contribution in [1.29, 1.82) is 0 Å². The quantitative estimate of drug-likeness (QED) is 0.794. The smallest absolute Gasteiger partial charge is 0.145 e. The summed E-state index contributed by atoms with van der Waals surface area (Å²) in [6, 6.07) is 5.04. The Bertz CT molecular complexity index is 333. The van der Waals surface area contributed by atoms with Crippen LogP contribution in [0.5, 0.6) is 0 Å². The highest BCUT2D eigenvalue weighted by molar-refractivity contribution is 7.99. The van der Waals surface area contributed by atoms with Gasteiger partial charge in [-0.1, -0.05) is 30.7 Å². The summed E-state index contributed by atoms with van der Waals surface area (Å²) in [5.41, 5.74) is 6.54. The van der Waals surface area contributed by atoms with E-state index in [0.29, 0.717) is 12.0 Å². The molecule has 0 amide bonds. The average molecular weight is 262 g/mol. The highest BCUT2D eigenvalue weighted by Gasteiger charge is 2.10. The van der Waals surface area contributed by atoms with Crippen LogP contribution in [0, 0.1) is 5.82 Å². The van der Waals surface area contributed by atoms with Crippen molar-refractivity contribution in [2.24, 2.45) is 5.73 Å². The van der Waals surface area contributed by atoms with E-state index in [9.17, 15) is 4.39 Å². The molecule has 0 aliphatic heterocycles. The largest absolute Gasteiger partial charge is 0.327 e. The standard InChI is InChI=1S/C12H17ClFNS/c1-2-6-16-8-10(15)7-9-4-3-5-11(13)12(9)14/h3-5,10H,2,6-8,15H2,1H3. The van der Waals surface area contributed by atoms with Crippen LogP contribution in [0.25, 0.3) is 0 Å². The minimum atomic E-state index is -0.333. The van der Waals surface area contributed by atoms with Crippen LogP contribution in [0.2, 0.25) is 5.02 Å². The summed E-state index contributed by atoms with van der Waals surface area (Å²) in [5.74, 6) is 1.63. The molecule has 1 unspecified atom stereocenters. The molecule has 0 saturated carbocycles. The van der Waals surface area contributed by atoms with Crippen molar-refractivity contribution in [3.05, 3.63) is 34.6 Å². The second-order valence-electron chi connectivity index (χ2n) is 3.75. The molecule has 1 atom stereocenters. The third-order valence-corrected chi connectivity index (χ3v) is 3.85. The molecular formula is C12H17ClFNS. The first kappa shape index (κ1) is 13.8. The predicted octanol–water partition coefficient (Wildman–Crippen LogP) is 3.49. The highest BCUT2D eigenvalue weighted by Crippen LogP contribution is 2.19. The lowest BCUT2D eigenvalue weighted by atomic mass is 10.1. The maximum Gasteiger partial charge on any atom is 0.145 e. The van der Waals surface area contributed by atoms with E-state index in [1.807, 2.05) is 11.8 Å². The lowest BCUT2D eigenvalue weighted by molar-refractivity contribution is 0.598. The zero-order valence-corrected chi connectivity index (χ0v) is 11.0. The van der Waals surface area contributed by atoms with Gasteiger partial charge in [-0.3, -0.25) is 0 Å². The maximum absolute atomic E-state index is 13.6. The lowest BCUT2D eigenvalue weighted by Crippen LogP contribution is -2.26. The molecular weight excluding hydrogens is 245 g/mol. The molecule has 0 aliphatic rings. The zero-order valence-electron chi connectivity index (χ0n) is 9.38. The van der Waals surface area contributed by atoms with Gasteiger partial charge < -0.3 is 5.73 Å². The fourth-order valence-corrected chi connectivity index (χ4v) is 2.50. The van der Waals surface area contributed by atoms with E-state index >= 15 is 0 Å². The molecule has 1 aromatic rings. The molecule has 90 valence electrons. The first-order valence-corrected chi connectivity index (χ1v) is 6.94. The van der Waals surface area contributed by atoms with Crippen LogP contribution in [0.4, 0.5) is 4.39 Å². The van der Waals surface area contributed by atoms with Crippen LogP contribution in [0.3, 0.4) is 0 Å². The summed E-state index contributed by atoms with van der Waals surface area (Å²) in [6.45, 7) is 2.13. The van der Waals surface area contributed by atoms with E-state index in [1.165, 1.54) is 0 Å². The van der Waals surface area contributed by atoms with Crippen molar-refractivity contribution in [3.8, 4) is 0 Å².